The van der Waals surface area contributed by atoms with E-state index in [2.05, 4.69) is 28.2 Å². The Hall–Kier alpha value is -0.0500. The fraction of sp³-hybridized carbons (Fsp3) is 0.900. The predicted octanol–water partition coefficient (Wildman–Crippen LogP) is 2.71. The molecule has 0 heterocycles. The lowest BCUT2D eigenvalue weighted by Crippen LogP contribution is -2.35. The molecule has 1 atom stereocenters. The van der Waals surface area contributed by atoms with E-state index in [-0.39, 0.29) is 11.3 Å². The highest BCUT2D eigenvalue weighted by molar-refractivity contribution is 9.09. The first-order chi connectivity index (χ1) is 5.84. The van der Waals surface area contributed by atoms with E-state index in [1.54, 1.807) is 0 Å². The van der Waals surface area contributed by atoms with Crippen LogP contribution in [0.25, 0.3) is 0 Å². The van der Waals surface area contributed by atoms with Gasteiger partial charge in [-0.15, -0.1) is 0 Å². The molecule has 0 aromatic carbocycles. The third-order valence-electron chi connectivity index (χ3n) is 1.75. The average Bonchev–Trinajstić information content (AvgIpc) is 1.95. The Balaban J connectivity index is 3.49. The van der Waals surface area contributed by atoms with E-state index in [0.717, 1.165) is 19.4 Å². The maximum Gasteiger partial charge on any atom is 0.225 e. The summed E-state index contributed by atoms with van der Waals surface area (Å²) >= 11 is 3.47. The van der Waals surface area contributed by atoms with Crippen molar-refractivity contribution in [2.45, 2.75) is 45.4 Å². The van der Waals surface area contributed by atoms with E-state index < -0.39 is 0 Å². The molecule has 0 aliphatic rings. The van der Waals surface area contributed by atoms with Crippen LogP contribution in [0.5, 0.6) is 0 Å². The maximum atomic E-state index is 11.4. The summed E-state index contributed by atoms with van der Waals surface area (Å²) in [6.45, 7) is 8.68. The number of carbonyl (C=O) groups is 1. The van der Waals surface area contributed by atoms with E-state index in [4.69, 9.17) is 0 Å². The molecule has 0 saturated heterocycles. The first kappa shape index (κ1) is 12.9. The van der Waals surface area contributed by atoms with Gasteiger partial charge in [-0.05, 0) is 12.8 Å². The monoisotopic (exact) mass is 249 g/mol. The van der Waals surface area contributed by atoms with Crippen LogP contribution in [0.15, 0.2) is 0 Å². The van der Waals surface area contributed by atoms with Crippen molar-refractivity contribution < 1.29 is 4.79 Å². The number of carbonyl (C=O) groups excluding carboxylic acids is 1. The molecule has 0 radical (unpaired) electrons. The van der Waals surface area contributed by atoms with Crippen molar-refractivity contribution >= 4 is 21.8 Å². The zero-order valence-corrected chi connectivity index (χ0v) is 10.6. The summed E-state index contributed by atoms with van der Waals surface area (Å²) in [7, 11) is 0. The number of rotatable bonds is 4. The molecular formula is C10H20BrNO. The lowest BCUT2D eigenvalue weighted by atomic mass is 9.96. The number of hydrogen-bond acceptors (Lipinski definition) is 1. The van der Waals surface area contributed by atoms with E-state index in [1.165, 1.54) is 0 Å². The Bertz CT molecular complexity index is 161. The second-order valence-electron chi connectivity index (χ2n) is 4.43. The topological polar surface area (TPSA) is 29.1 Å². The Labute approximate surface area is 89.6 Å². The van der Waals surface area contributed by atoms with Crippen LogP contribution in [-0.2, 0) is 4.79 Å². The maximum absolute atomic E-state index is 11.4. The summed E-state index contributed by atoms with van der Waals surface area (Å²) in [4.78, 5) is 11.9. The Morgan fingerprint density at radius 1 is 1.46 bits per heavy atom. The number of hydrogen-bond donors (Lipinski definition) is 1. The molecule has 0 aliphatic heterocycles. The van der Waals surface area contributed by atoms with Gasteiger partial charge in [0.1, 0.15) is 0 Å². The van der Waals surface area contributed by atoms with Crippen molar-refractivity contribution in [1.82, 2.24) is 5.32 Å². The SMILES string of the molecule is CC(Br)CCCNC(=O)C(C)(C)C. The molecule has 1 N–H and O–H groups in total. The van der Waals surface area contributed by atoms with Gasteiger partial charge in [-0.2, -0.15) is 0 Å². The number of amides is 1. The Morgan fingerprint density at radius 3 is 2.38 bits per heavy atom. The molecule has 0 bridgehead atoms. The summed E-state index contributed by atoms with van der Waals surface area (Å²) < 4.78 is 0. The van der Waals surface area contributed by atoms with Crippen molar-refractivity contribution in [1.29, 1.82) is 0 Å². The van der Waals surface area contributed by atoms with E-state index in [1.807, 2.05) is 20.8 Å². The molecule has 3 heteroatoms. The van der Waals surface area contributed by atoms with Gasteiger partial charge in [0.25, 0.3) is 0 Å². The molecule has 0 spiro atoms. The molecule has 0 aromatic heterocycles. The molecule has 0 aliphatic carbocycles. The van der Waals surface area contributed by atoms with Crippen molar-refractivity contribution in [3.05, 3.63) is 0 Å². The molecule has 13 heavy (non-hydrogen) atoms. The Morgan fingerprint density at radius 2 is 2.00 bits per heavy atom. The van der Waals surface area contributed by atoms with Gasteiger partial charge in [-0.25, -0.2) is 0 Å². The minimum atomic E-state index is -0.264. The van der Waals surface area contributed by atoms with Crippen molar-refractivity contribution in [3.63, 3.8) is 0 Å². The van der Waals surface area contributed by atoms with Crippen LogP contribution in [-0.4, -0.2) is 17.3 Å². The van der Waals surface area contributed by atoms with Crippen LogP contribution >= 0.6 is 15.9 Å². The van der Waals surface area contributed by atoms with E-state index in [9.17, 15) is 4.79 Å². The van der Waals surface area contributed by atoms with Gasteiger partial charge in [0.2, 0.25) is 5.91 Å². The number of halogens is 1. The Kier molecular flexibility index (Phi) is 5.61. The van der Waals surface area contributed by atoms with Crippen molar-refractivity contribution in [2.24, 2.45) is 5.41 Å². The predicted molar refractivity (Wildman–Crippen MR) is 60.1 cm³/mol. The second kappa shape index (κ2) is 5.63. The molecule has 0 aromatic rings. The minimum absolute atomic E-state index is 0.134. The molecule has 1 unspecified atom stereocenters. The standard InChI is InChI=1S/C10H20BrNO/c1-8(11)6-5-7-12-9(13)10(2,3)4/h8H,5-7H2,1-4H3,(H,12,13). The third-order valence-corrected chi connectivity index (χ3v) is 2.20. The molecule has 1 amide bonds. The van der Waals surface area contributed by atoms with Crippen molar-refractivity contribution in [3.8, 4) is 0 Å². The zero-order valence-electron chi connectivity index (χ0n) is 8.98. The first-order valence-corrected chi connectivity index (χ1v) is 5.68. The van der Waals surface area contributed by atoms with Crippen LogP contribution < -0.4 is 5.32 Å². The van der Waals surface area contributed by atoms with Crippen LogP contribution in [0.3, 0.4) is 0 Å². The average molecular weight is 250 g/mol. The highest BCUT2D eigenvalue weighted by Gasteiger charge is 2.20. The van der Waals surface area contributed by atoms with Gasteiger partial charge in [-0.1, -0.05) is 43.6 Å². The molecule has 0 saturated carbocycles. The molecular weight excluding hydrogens is 230 g/mol. The minimum Gasteiger partial charge on any atom is -0.356 e. The van der Waals surface area contributed by atoms with Gasteiger partial charge in [0.05, 0.1) is 0 Å². The highest BCUT2D eigenvalue weighted by Crippen LogP contribution is 2.12. The smallest absolute Gasteiger partial charge is 0.225 e. The van der Waals surface area contributed by atoms with Crippen LogP contribution in [0.1, 0.15) is 40.5 Å². The van der Waals surface area contributed by atoms with Gasteiger partial charge in [0, 0.05) is 16.8 Å². The highest BCUT2D eigenvalue weighted by atomic mass is 79.9. The summed E-state index contributed by atoms with van der Waals surface area (Å²) in [6, 6.07) is 0. The summed E-state index contributed by atoms with van der Waals surface area (Å²) in [5.41, 5.74) is -0.264. The largest absolute Gasteiger partial charge is 0.356 e. The van der Waals surface area contributed by atoms with Gasteiger partial charge >= 0.3 is 0 Å². The van der Waals surface area contributed by atoms with Crippen LogP contribution in [0, 0.1) is 5.41 Å². The van der Waals surface area contributed by atoms with Crippen molar-refractivity contribution in [2.75, 3.05) is 6.54 Å². The van der Waals surface area contributed by atoms with Crippen LogP contribution in [0.4, 0.5) is 0 Å². The van der Waals surface area contributed by atoms with E-state index in [0.29, 0.717) is 4.83 Å². The molecule has 2 nitrogen and oxygen atoms in total. The first-order valence-electron chi connectivity index (χ1n) is 4.76. The van der Waals surface area contributed by atoms with Gasteiger partial charge in [0.15, 0.2) is 0 Å². The lowest BCUT2D eigenvalue weighted by Gasteiger charge is -2.17. The molecule has 0 fully saturated rings. The van der Waals surface area contributed by atoms with Crippen LogP contribution in [0.2, 0.25) is 0 Å². The summed E-state index contributed by atoms with van der Waals surface area (Å²) in [6.07, 6.45) is 2.14. The zero-order chi connectivity index (χ0) is 10.5. The normalized spacial score (nSPS) is 13.9. The quantitative estimate of drug-likeness (QED) is 0.603. The van der Waals surface area contributed by atoms with Gasteiger partial charge < -0.3 is 5.32 Å². The summed E-state index contributed by atoms with van der Waals surface area (Å²) in [5.74, 6) is 0.134. The molecule has 0 rings (SSSR count). The van der Waals surface area contributed by atoms with E-state index >= 15 is 0 Å². The summed E-state index contributed by atoms with van der Waals surface area (Å²) in [5, 5.41) is 2.92. The second-order valence-corrected chi connectivity index (χ2v) is 5.99. The fourth-order valence-electron chi connectivity index (χ4n) is 0.850. The number of alkyl halides is 1. The molecule has 78 valence electrons. The third kappa shape index (κ3) is 7.05. The number of nitrogens with one attached hydrogen (secondary N) is 1. The van der Waals surface area contributed by atoms with Gasteiger partial charge in [-0.3, -0.25) is 4.79 Å². The fourth-order valence-corrected chi connectivity index (χ4v) is 1.17. The lowest BCUT2D eigenvalue weighted by molar-refractivity contribution is -0.128.